The second kappa shape index (κ2) is 7.21. The van der Waals surface area contributed by atoms with E-state index in [0.29, 0.717) is 6.54 Å². The van der Waals surface area contributed by atoms with Gasteiger partial charge in [-0.1, -0.05) is 0 Å². The van der Waals surface area contributed by atoms with Crippen molar-refractivity contribution < 1.29 is 9.53 Å². The smallest absolute Gasteiger partial charge is 0.172 e. The lowest BCUT2D eigenvalue weighted by Gasteiger charge is -2.14. The first-order chi connectivity index (χ1) is 5.70. The van der Waals surface area contributed by atoms with Gasteiger partial charge in [0.25, 0.3) is 0 Å². The van der Waals surface area contributed by atoms with E-state index in [-0.39, 0.29) is 12.4 Å². The van der Waals surface area contributed by atoms with E-state index in [0.717, 1.165) is 13.1 Å². The van der Waals surface area contributed by atoms with E-state index >= 15 is 0 Å². The molecule has 0 spiro atoms. The molecule has 0 bridgehead atoms. The Hall–Kier alpha value is -0.450. The number of hydrogen-bond acceptors (Lipinski definition) is 4. The van der Waals surface area contributed by atoms with Crippen LogP contribution in [0.15, 0.2) is 0 Å². The minimum Gasteiger partial charge on any atom is -0.377 e. The van der Waals surface area contributed by atoms with E-state index in [1.807, 2.05) is 19.0 Å². The molecule has 0 aromatic heterocycles. The molecule has 0 atom stereocenters. The molecule has 4 nitrogen and oxygen atoms in total. The summed E-state index contributed by atoms with van der Waals surface area (Å²) in [5, 5.41) is 3.02. The van der Waals surface area contributed by atoms with Crippen molar-refractivity contribution in [2.45, 2.75) is 0 Å². The average Bonchev–Trinajstić information content (AvgIpc) is 2.01. The van der Waals surface area contributed by atoms with Gasteiger partial charge in [0.15, 0.2) is 5.78 Å². The predicted molar refractivity (Wildman–Crippen MR) is 48.3 cm³/mol. The Kier molecular flexibility index (Phi) is 6.94. The largest absolute Gasteiger partial charge is 0.377 e. The number of hydrogen-bond donors (Lipinski definition) is 1. The number of Topliss-reactive ketones (excluding diaryl/α,β-unsaturated/α-hetero) is 1. The molecule has 12 heavy (non-hydrogen) atoms. The molecule has 0 aliphatic rings. The van der Waals surface area contributed by atoms with Crippen LogP contribution in [0.1, 0.15) is 0 Å². The lowest BCUT2D eigenvalue weighted by molar-refractivity contribution is -0.123. The summed E-state index contributed by atoms with van der Waals surface area (Å²) in [6.45, 7) is 2.46. The van der Waals surface area contributed by atoms with Gasteiger partial charge >= 0.3 is 0 Å². The van der Waals surface area contributed by atoms with Crippen LogP contribution in [0.5, 0.6) is 0 Å². The molecule has 0 heterocycles. The van der Waals surface area contributed by atoms with Crippen LogP contribution in [0.2, 0.25) is 0 Å². The molecule has 72 valence electrons. The van der Waals surface area contributed by atoms with Crippen molar-refractivity contribution >= 4 is 5.78 Å². The monoisotopic (exact) mass is 174 g/mol. The number of carbonyl (C=O) groups is 1. The zero-order chi connectivity index (χ0) is 9.40. The van der Waals surface area contributed by atoms with Crippen LogP contribution in [0.4, 0.5) is 0 Å². The summed E-state index contributed by atoms with van der Waals surface area (Å²) in [6, 6.07) is 0. The Morgan fingerprint density at radius 3 is 2.75 bits per heavy atom. The Labute approximate surface area is 73.9 Å². The molecule has 0 radical (unpaired) electrons. The van der Waals surface area contributed by atoms with Crippen molar-refractivity contribution in [2.24, 2.45) is 0 Å². The van der Waals surface area contributed by atoms with Crippen LogP contribution in [-0.4, -0.2) is 58.1 Å². The zero-order valence-electron chi connectivity index (χ0n) is 8.09. The molecule has 0 saturated heterocycles. The van der Waals surface area contributed by atoms with Crippen LogP contribution in [0, 0.1) is 0 Å². The topological polar surface area (TPSA) is 41.6 Å². The van der Waals surface area contributed by atoms with Crippen molar-refractivity contribution in [3.63, 3.8) is 0 Å². The normalized spacial score (nSPS) is 10.7. The molecule has 0 unspecified atom stereocenters. The molecule has 0 fully saturated rings. The maximum absolute atomic E-state index is 11.0. The fraction of sp³-hybridized carbons (Fsp3) is 0.875. The lowest BCUT2D eigenvalue weighted by Crippen LogP contribution is -2.33. The van der Waals surface area contributed by atoms with Gasteiger partial charge in [-0.05, 0) is 14.1 Å². The number of ketones is 1. The van der Waals surface area contributed by atoms with Crippen molar-refractivity contribution in [1.29, 1.82) is 0 Å². The number of rotatable bonds is 7. The molecule has 0 aliphatic heterocycles. The Morgan fingerprint density at radius 2 is 2.25 bits per heavy atom. The Bertz CT molecular complexity index is 128. The molecule has 4 heteroatoms. The van der Waals surface area contributed by atoms with E-state index in [9.17, 15) is 4.79 Å². The highest BCUT2D eigenvalue weighted by Crippen LogP contribution is 1.83. The third-order valence-corrected chi connectivity index (χ3v) is 1.50. The molecular formula is C8H18N2O2. The van der Waals surface area contributed by atoms with Gasteiger partial charge in [-0.3, -0.25) is 9.69 Å². The number of nitrogens with zero attached hydrogens (tertiary/aromatic N) is 1. The highest BCUT2D eigenvalue weighted by molar-refractivity contribution is 5.81. The first-order valence-electron chi connectivity index (χ1n) is 4.04. The van der Waals surface area contributed by atoms with Gasteiger partial charge in [-0.25, -0.2) is 0 Å². The van der Waals surface area contributed by atoms with Crippen LogP contribution >= 0.6 is 0 Å². The third kappa shape index (κ3) is 6.27. The van der Waals surface area contributed by atoms with Crippen LogP contribution < -0.4 is 5.32 Å². The van der Waals surface area contributed by atoms with Gasteiger partial charge in [-0.15, -0.1) is 0 Å². The van der Waals surface area contributed by atoms with Gasteiger partial charge < -0.3 is 10.1 Å². The highest BCUT2D eigenvalue weighted by atomic mass is 16.5. The first kappa shape index (κ1) is 11.6. The van der Waals surface area contributed by atoms with Crippen LogP contribution in [0.25, 0.3) is 0 Å². The summed E-state index contributed by atoms with van der Waals surface area (Å²) in [7, 11) is 5.35. The maximum atomic E-state index is 11.0. The van der Waals surface area contributed by atoms with Crippen LogP contribution in [-0.2, 0) is 9.53 Å². The molecule has 0 aromatic rings. The van der Waals surface area contributed by atoms with E-state index in [1.165, 1.54) is 7.11 Å². The minimum absolute atomic E-state index is 0.121. The van der Waals surface area contributed by atoms with Crippen molar-refractivity contribution in [2.75, 3.05) is 47.4 Å². The van der Waals surface area contributed by atoms with E-state index < -0.39 is 0 Å². The second-order valence-electron chi connectivity index (χ2n) is 2.81. The van der Waals surface area contributed by atoms with Crippen LogP contribution in [0.3, 0.4) is 0 Å². The highest BCUT2D eigenvalue weighted by Gasteiger charge is 2.04. The zero-order valence-corrected chi connectivity index (χ0v) is 8.09. The average molecular weight is 174 g/mol. The van der Waals surface area contributed by atoms with E-state index in [1.54, 1.807) is 0 Å². The lowest BCUT2D eigenvalue weighted by atomic mass is 10.4. The molecule has 0 saturated carbocycles. The maximum Gasteiger partial charge on any atom is 0.172 e. The molecule has 1 N–H and O–H groups in total. The Morgan fingerprint density at radius 1 is 1.58 bits per heavy atom. The van der Waals surface area contributed by atoms with E-state index in [4.69, 9.17) is 4.74 Å². The van der Waals surface area contributed by atoms with Crippen molar-refractivity contribution in [3.05, 3.63) is 0 Å². The Balaban J connectivity index is 3.40. The summed E-state index contributed by atoms with van der Waals surface area (Å²) in [5.41, 5.74) is 0. The molecule has 0 rings (SSSR count). The van der Waals surface area contributed by atoms with Gasteiger partial charge in [0.2, 0.25) is 0 Å². The number of nitrogens with one attached hydrogen (secondary N) is 1. The number of methoxy groups -OCH3 is 1. The molecule has 0 amide bonds. The number of likely N-dealkylation sites (N-methyl/N-ethyl adjacent to an activating group) is 2. The fourth-order valence-corrected chi connectivity index (χ4v) is 0.889. The molecule has 0 aromatic carbocycles. The quantitative estimate of drug-likeness (QED) is 0.557. The molecular weight excluding hydrogens is 156 g/mol. The molecule has 0 aliphatic carbocycles. The second-order valence-corrected chi connectivity index (χ2v) is 2.81. The summed E-state index contributed by atoms with van der Waals surface area (Å²) >= 11 is 0. The summed E-state index contributed by atoms with van der Waals surface area (Å²) in [4.78, 5) is 13.0. The standard InChI is InChI=1S/C8H18N2O2/c1-9-4-5-10(2)6-8(11)7-12-3/h9H,4-7H2,1-3H3. The summed E-state index contributed by atoms with van der Waals surface area (Å²) in [6.07, 6.45) is 0. The summed E-state index contributed by atoms with van der Waals surface area (Å²) in [5.74, 6) is 0.121. The number of ether oxygens (including phenoxy) is 1. The predicted octanol–water partition coefficient (Wildman–Crippen LogP) is -0.647. The third-order valence-electron chi connectivity index (χ3n) is 1.50. The fourth-order valence-electron chi connectivity index (χ4n) is 0.889. The van der Waals surface area contributed by atoms with Crippen molar-refractivity contribution in [1.82, 2.24) is 10.2 Å². The van der Waals surface area contributed by atoms with Gasteiger partial charge in [0.05, 0.1) is 6.54 Å². The van der Waals surface area contributed by atoms with Gasteiger partial charge in [0.1, 0.15) is 6.61 Å². The SMILES string of the molecule is CNCCN(C)CC(=O)COC. The van der Waals surface area contributed by atoms with Gasteiger partial charge in [0, 0.05) is 20.2 Å². The number of carbonyl (C=O) groups excluding carboxylic acids is 1. The van der Waals surface area contributed by atoms with E-state index in [2.05, 4.69) is 5.32 Å². The summed E-state index contributed by atoms with van der Waals surface area (Å²) < 4.78 is 4.72. The first-order valence-corrected chi connectivity index (χ1v) is 4.04. The van der Waals surface area contributed by atoms with Crippen molar-refractivity contribution in [3.8, 4) is 0 Å². The van der Waals surface area contributed by atoms with Gasteiger partial charge in [-0.2, -0.15) is 0 Å². The minimum atomic E-state index is 0.121.